The van der Waals surface area contributed by atoms with Crippen LogP contribution in [0, 0.1) is 0 Å². The summed E-state index contributed by atoms with van der Waals surface area (Å²) in [5.41, 5.74) is 5.71. The molecule has 1 aromatic carbocycles. The molecule has 15 heavy (non-hydrogen) atoms. The van der Waals surface area contributed by atoms with E-state index in [4.69, 9.17) is 16.9 Å². The summed E-state index contributed by atoms with van der Waals surface area (Å²) in [5, 5.41) is 18.0. The summed E-state index contributed by atoms with van der Waals surface area (Å²) >= 11 is 0. The number of rotatable bonds is 4. The van der Waals surface area contributed by atoms with E-state index in [1.165, 1.54) is 25.3 Å². The molecule has 0 spiro atoms. The first-order valence-electron chi connectivity index (χ1n) is 4.82. The predicted molar refractivity (Wildman–Crippen MR) is 54.0 cm³/mol. The summed E-state index contributed by atoms with van der Waals surface area (Å²) in [6.07, 6.45) is -1.10. The van der Waals surface area contributed by atoms with E-state index >= 15 is 0 Å². The maximum atomic E-state index is 10.6. The van der Waals surface area contributed by atoms with Gasteiger partial charge >= 0.3 is 5.97 Å². The first-order chi connectivity index (χ1) is 7.47. The molecular weight excluding hydrogens is 198 g/mol. The Morgan fingerprint density at radius 2 is 2.40 bits per heavy atom. The highest BCUT2D eigenvalue weighted by atomic mass is 16.5. The highest BCUT2D eigenvalue weighted by Crippen LogP contribution is 2.26. The number of hydrogen-bond acceptors (Lipinski definition) is 4. The third kappa shape index (κ3) is 2.85. The molecule has 5 heteroatoms. The largest absolute Gasteiger partial charge is 0.504 e. The maximum absolute atomic E-state index is 10.6. The van der Waals surface area contributed by atoms with Gasteiger partial charge in [-0.25, -0.2) is 0 Å². The molecule has 0 fully saturated rings. The van der Waals surface area contributed by atoms with Crippen molar-refractivity contribution in [2.75, 3.05) is 7.11 Å². The molecule has 4 N–H and O–H groups in total. The molecule has 0 saturated carbocycles. The van der Waals surface area contributed by atoms with Crippen LogP contribution in [0.2, 0.25) is 0 Å². The van der Waals surface area contributed by atoms with Gasteiger partial charge in [0.05, 0.1) is 7.11 Å². The lowest BCUT2D eigenvalue weighted by atomic mass is 10.1. The van der Waals surface area contributed by atoms with Gasteiger partial charge in [0.15, 0.2) is 11.5 Å². The average molecular weight is 213 g/mol. The van der Waals surface area contributed by atoms with E-state index in [-0.39, 0.29) is 11.5 Å². The van der Waals surface area contributed by atoms with Crippen molar-refractivity contribution in [1.29, 1.82) is 0 Å². The molecule has 0 unspecified atom stereocenters. The Labute approximate surface area is 88.5 Å². The van der Waals surface area contributed by atoms with E-state index in [0.29, 0.717) is 5.56 Å². The summed E-state index contributed by atoms with van der Waals surface area (Å²) in [5.74, 6) is -1.12. The van der Waals surface area contributed by atoms with Crippen LogP contribution in [0.4, 0.5) is 0 Å². The van der Waals surface area contributed by atoms with E-state index in [9.17, 15) is 9.90 Å². The van der Waals surface area contributed by atoms with Gasteiger partial charge < -0.3 is 20.7 Å². The number of ether oxygens (including phenoxy) is 1. The van der Waals surface area contributed by atoms with Gasteiger partial charge in [0, 0.05) is 1.37 Å². The van der Waals surface area contributed by atoms with Gasteiger partial charge in [-0.15, -0.1) is 0 Å². The topological polar surface area (TPSA) is 92.8 Å². The molecule has 0 aliphatic heterocycles. The summed E-state index contributed by atoms with van der Waals surface area (Å²) in [7, 11) is 1.37. The molecule has 0 aliphatic carbocycles. The number of aromatic hydroxyl groups is 1. The van der Waals surface area contributed by atoms with Crippen LogP contribution in [0.25, 0.3) is 0 Å². The number of methoxy groups -OCH3 is 1. The Morgan fingerprint density at radius 3 is 2.93 bits per heavy atom. The number of nitrogens with two attached hydrogens (primary N) is 1. The van der Waals surface area contributed by atoms with Crippen molar-refractivity contribution >= 4 is 5.97 Å². The van der Waals surface area contributed by atoms with E-state index in [0.717, 1.165) is 0 Å². The number of carbonyl (C=O) groups is 1. The lowest BCUT2D eigenvalue weighted by Crippen LogP contribution is -2.32. The van der Waals surface area contributed by atoms with Crippen molar-refractivity contribution in [2.45, 2.75) is 12.4 Å². The van der Waals surface area contributed by atoms with E-state index < -0.39 is 18.4 Å². The fraction of sp³-hybridized carbons (Fsp3) is 0.300. The van der Waals surface area contributed by atoms with Gasteiger partial charge in [0.2, 0.25) is 0 Å². The molecule has 0 aliphatic rings. The highest BCUT2D eigenvalue weighted by Gasteiger charge is 2.13. The summed E-state index contributed by atoms with van der Waals surface area (Å²) < 4.78 is 12.5. The molecule has 1 aromatic rings. The molecule has 82 valence electrons. The highest BCUT2D eigenvalue weighted by molar-refractivity contribution is 5.73. The predicted octanol–water partition coefficient (Wildman–Crippen LogP) is 0.355. The minimum atomic E-state index is -1.31. The Bertz CT molecular complexity index is 396. The third-order valence-electron chi connectivity index (χ3n) is 1.86. The molecule has 0 aromatic heterocycles. The van der Waals surface area contributed by atoms with Crippen molar-refractivity contribution < 1.29 is 21.1 Å². The second-order valence-corrected chi connectivity index (χ2v) is 2.96. The Hall–Kier alpha value is -1.75. The first kappa shape index (κ1) is 9.79. The molecule has 1 rings (SSSR count). The third-order valence-corrected chi connectivity index (χ3v) is 1.86. The standard InChI is InChI=1S/C10H13NO4/c1-15-9-5-6(2-3-8(9)12)4-7(11)10(13)14/h2-3,5,7,12H,4,11H2,1H3,(H,13,14)/t7-/m0/s1/i4T/t4-,7-. The van der Waals surface area contributed by atoms with Crippen LogP contribution in [0.3, 0.4) is 0 Å². The van der Waals surface area contributed by atoms with Gasteiger partial charge in [-0.1, -0.05) is 6.07 Å². The number of carboxylic acid groups (broad SMARTS) is 1. The SMILES string of the molecule is [3H][C@@H](c1ccc(O)c(OC)c1)[C@H](N)C(=O)O. The monoisotopic (exact) mass is 213 g/mol. The maximum Gasteiger partial charge on any atom is 0.320 e. The van der Waals surface area contributed by atoms with Crippen molar-refractivity contribution in [1.82, 2.24) is 0 Å². The molecular formula is C10H13NO4. The Morgan fingerprint density at radius 1 is 1.73 bits per heavy atom. The number of hydrogen-bond donors (Lipinski definition) is 3. The van der Waals surface area contributed by atoms with Crippen molar-refractivity contribution in [3.05, 3.63) is 23.8 Å². The second kappa shape index (κ2) is 4.65. The van der Waals surface area contributed by atoms with Crippen LogP contribution >= 0.6 is 0 Å². The number of benzene rings is 1. The van der Waals surface area contributed by atoms with Gasteiger partial charge in [-0.2, -0.15) is 0 Å². The van der Waals surface area contributed by atoms with Gasteiger partial charge in [0.1, 0.15) is 6.04 Å². The molecule has 5 nitrogen and oxygen atoms in total. The molecule has 0 radical (unpaired) electrons. The van der Waals surface area contributed by atoms with Gasteiger partial charge in [0.25, 0.3) is 0 Å². The molecule has 0 saturated heterocycles. The Balaban J connectivity index is 3.00. The molecule has 0 bridgehead atoms. The smallest absolute Gasteiger partial charge is 0.320 e. The zero-order valence-corrected chi connectivity index (χ0v) is 8.18. The van der Waals surface area contributed by atoms with Gasteiger partial charge in [-0.3, -0.25) is 4.79 Å². The summed E-state index contributed by atoms with van der Waals surface area (Å²) in [4.78, 5) is 10.6. The van der Waals surface area contributed by atoms with Crippen molar-refractivity contribution in [2.24, 2.45) is 5.73 Å². The van der Waals surface area contributed by atoms with Crippen LogP contribution in [-0.4, -0.2) is 29.3 Å². The number of phenols is 1. The fourth-order valence-corrected chi connectivity index (χ4v) is 1.08. The first-order valence-corrected chi connectivity index (χ1v) is 4.25. The minimum absolute atomic E-state index is 0.0673. The summed E-state index contributed by atoms with van der Waals surface area (Å²) in [6.45, 7) is 0. The second-order valence-electron chi connectivity index (χ2n) is 2.96. The molecule has 2 atom stereocenters. The number of phenolic OH excluding ortho intramolecular Hbond substituents is 1. The van der Waals surface area contributed by atoms with E-state index in [1.54, 1.807) is 0 Å². The quantitative estimate of drug-likeness (QED) is 0.671. The van der Waals surface area contributed by atoms with Gasteiger partial charge in [-0.05, 0) is 24.1 Å². The fourth-order valence-electron chi connectivity index (χ4n) is 1.08. The number of aliphatic carboxylic acids is 1. The van der Waals surface area contributed by atoms with E-state index in [2.05, 4.69) is 0 Å². The van der Waals surface area contributed by atoms with Crippen LogP contribution in [0.15, 0.2) is 18.2 Å². The Kier molecular flexibility index (Phi) is 3.04. The molecule has 0 amide bonds. The van der Waals surface area contributed by atoms with Crippen LogP contribution in [-0.2, 0) is 11.2 Å². The zero-order chi connectivity index (χ0) is 12.3. The van der Waals surface area contributed by atoms with Crippen LogP contribution in [0.5, 0.6) is 11.5 Å². The average Bonchev–Trinajstić information content (AvgIpc) is 2.27. The normalized spacial score (nSPS) is 15.2. The summed E-state index contributed by atoms with van der Waals surface area (Å²) in [6, 6.07) is 2.87. The van der Waals surface area contributed by atoms with Crippen LogP contribution in [0.1, 0.15) is 6.93 Å². The lowest BCUT2D eigenvalue weighted by molar-refractivity contribution is -0.138. The zero-order valence-electron chi connectivity index (χ0n) is 9.18. The van der Waals surface area contributed by atoms with Crippen molar-refractivity contribution in [3.63, 3.8) is 0 Å². The minimum Gasteiger partial charge on any atom is -0.504 e. The van der Waals surface area contributed by atoms with Crippen molar-refractivity contribution in [3.8, 4) is 11.5 Å². The lowest BCUT2D eigenvalue weighted by Gasteiger charge is -2.08. The molecule has 0 heterocycles. The van der Waals surface area contributed by atoms with Crippen LogP contribution < -0.4 is 10.5 Å². The van der Waals surface area contributed by atoms with E-state index in [1.807, 2.05) is 0 Å². The number of carboxylic acids is 1.